The average molecular weight is 583 g/mol. The zero-order valence-corrected chi connectivity index (χ0v) is 28.7. The topological polar surface area (TPSA) is 17.1 Å². The van der Waals surface area contributed by atoms with Crippen LogP contribution in [0.3, 0.4) is 0 Å². The zero-order valence-electron chi connectivity index (χ0n) is 27.9. The summed E-state index contributed by atoms with van der Waals surface area (Å²) in [4.78, 5) is 11.9. The molecule has 0 bridgehead atoms. The highest BCUT2D eigenvalue weighted by molar-refractivity contribution is 6.63. The summed E-state index contributed by atoms with van der Waals surface area (Å²) >= 11 is 5.95. The van der Waals surface area contributed by atoms with Crippen LogP contribution in [0, 0.1) is 5.92 Å². The lowest BCUT2D eigenvalue weighted by Crippen LogP contribution is -2.08. The second-order valence-corrected chi connectivity index (χ2v) is 13.6. The Morgan fingerprint density at radius 1 is 0.350 bits per heavy atom. The predicted octanol–water partition coefficient (Wildman–Crippen LogP) is 14.7. The van der Waals surface area contributed by atoms with E-state index in [-0.39, 0.29) is 11.2 Å². The molecule has 0 unspecified atom stereocenters. The lowest BCUT2D eigenvalue weighted by molar-refractivity contribution is -0.115. The van der Waals surface area contributed by atoms with Crippen molar-refractivity contribution < 1.29 is 4.79 Å². The summed E-state index contributed by atoms with van der Waals surface area (Å²) < 4.78 is 0. The van der Waals surface area contributed by atoms with Crippen molar-refractivity contribution in [2.45, 2.75) is 232 Å². The smallest absolute Gasteiger partial charge is 0.224 e. The first-order valence-electron chi connectivity index (χ1n) is 18.9. The molecule has 0 radical (unpaired) electrons. The molecule has 0 aliphatic heterocycles. The Kier molecular flexibility index (Phi) is 35.1. The maximum atomic E-state index is 11.9. The van der Waals surface area contributed by atoms with Gasteiger partial charge in [-0.25, -0.2) is 0 Å². The fraction of sp³-hybridized carbons (Fsp3) is 0.974. The largest absolute Gasteiger partial charge is 0.281 e. The number of halogens is 1. The van der Waals surface area contributed by atoms with E-state index >= 15 is 0 Å². The SMILES string of the molecule is CCCCCCCCCCCCCCCCCCC(CCCCCCCCCCCCCCCCCC)C(=O)Cl. The first kappa shape index (κ1) is 40.0. The van der Waals surface area contributed by atoms with Gasteiger partial charge in [0.1, 0.15) is 0 Å². The number of hydrogen-bond acceptors (Lipinski definition) is 1. The van der Waals surface area contributed by atoms with Crippen molar-refractivity contribution in [2.24, 2.45) is 5.92 Å². The van der Waals surface area contributed by atoms with Gasteiger partial charge in [0.15, 0.2) is 0 Å². The van der Waals surface area contributed by atoms with Crippen LogP contribution >= 0.6 is 11.6 Å². The van der Waals surface area contributed by atoms with E-state index in [0.29, 0.717) is 0 Å². The van der Waals surface area contributed by atoms with E-state index in [1.165, 1.54) is 205 Å². The van der Waals surface area contributed by atoms with E-state index in [1.54, 1.807) is 0 Å². The highest BCUT2D eigenvalue weighted by Crippen LogP contribution is 2.22. The fourth-order valence-electron chi connectivity index (χ4n) is 6.25. The third kappa shape index (κ3) is 32.5. The maximum absolute atomic E-state index is 11.9. The molecule has 0 aromatic carbocycles. The summed E-state index contributed by atoms with van der Waals surface area (Å²) in [6, 6.07) is 0. The molecule has 0 aliphatic rings. The van der Waals surface area contributed by atoms with Gasteiger partial charge in [0, 0.05) is 5.92 Å². The van der Waals surface area contributed by atoms with E-state index in [4.69, 9.17) is 11.6 Å². The summed E-state index contributed by atoms with van der Waals surface area (Å²) in [7, 11) is 0. The lowest BCUT2D eigenvalue weighted by Gasteiger charge is -2.12. The summed E-state index contributed by atoms with van der Waals surface area (Å²) in [5, 5.41) is -0.0816. The standard InChI is InChI=1S/C38H75ClO/c1-3-5-7-9-11-13-15-17-19-21-23-25-27-29-31-33-35-37(38(39)40)36-34-32-30-28-26-24-22-20-18-16-14-12-10-8-6-4-2/h37H,3-36H2,1-2H3. The Balaban J connectivity index is 3.37. The molecule has 240 valence electrons. The van der Waals surface area contributed by atoms with Crippen LogP contribution in [0.15, 0.2) is 0 Å². The Labute approximate surface area is 259 Å². The van der Waals surface area contributed by atoms with Gasteiger partial charge in [0.05, 0.1) is 0 Å². The minimum absolute atomic E-state index is 0.0816. The van der Waals surface area contributed by atoms with E-state index in [1.807, 2.05) is 0 Å². The van der Waals surface area contributed by atoms with Gasteiger partial charge in [-0.15, -0.1) is 0 Å². The molecule has 0 spiro atoms. The molecule has 1 nitrogen and oxygen atoms in total. The molecule has 0 aromatic heterocycles. The molecule has 0 aliphatic carbocycles. The van der Waals surface area contributed by atoms with E-state index < -0.39 is 0 Å². The molecular formula is C38H75ClO. The van der Waals surface area contributed by atoms with Crippen molar-refractivity contribution >= 4 is 16.8 Å². The summed E-state index contributed by atoms with van der Waals surface area (Å²) in [5.41, 5.74) is 0. The Bertz CT molecular complexity index is 440. The molecule has 0 fully saturated rings. The number of unbranched alkanes of at least 4 members (excludes halogenated alkanes) is 30. The van der Waals surface area contributed by atoms with E-state index in [2.05, 4.69) is 13.8 Å². The number of carbonyl (C=O) groups is 1. The Hall–Kier alpha value is -0.0400. The van der Waals surface area contributed by atoms with Gasteiger partial charge in [-0.1, -0.05) is 219 Å². The molecule has 0 saturated heterocycles. The van der Waals surface area contributed by atoms with Crippen molar-refractivity contribution in [1.29, 1.82) is 0 Å². The van der Waals surface area contributed by atoms with Crippen LogP contribution in [0.25, 0.3) is 0 Å². The van der Waals surface area contributed by atoms with Crippen molar-refractivity contribution in [3.63, 3.8) is 0 Å². The molecule has 40 heavy (non-hydrogen) atoms. The number of hydrogen-bond donors (Lipinski definition) is 0. The second kappa shape index (κ2) is 35.2. The zero-order chi connectivity index (χ0) is 29.2. The molecule has 0 aromatic rings. The second-order valence-electron chi connectivity index (χ2n) is 13.2. The van der Waals surface area contributed by atoms with Gasteiger partial charge >= 0.3 is 0 Å². The molecule has 0 amide bonds. The number of rotatable bonds is 35. The highest BCUT2D eigenvalue weighted by atomic mass is 35.5. The van der Waals surface area contributed by atoms with Crippen molar-refractivity contribution in [3.8, 4) is 0 Å². The van der Waals surface area contributed by atoms with Gasteiger partial charge in [0.2, 0.25) is 5.24 Å². The third-order valence-electron chi connectivity index (χ3n) is 9.13. The lowest BCUT2D eigenvalue weighted by atomic mass is 9.95. The van der Waals surface area contributed by atoms with Crippen LogP contribution in [-0.4, -0.2) is 5.24 Å². The molecule has 0 N–H and O–H groups in total. The fourth-order valence-corrected chi connectivity index (χ4v) is 6.47. The van der Waals surface area contributed by atoms with Crippen LogP contribution in [0.1, 0.15) is 232 Å². The number of carbonyl (C=O) groups excluding carboxylic acids is 1. The van der Waals surface area contributed by atoms with Crippen LogP contribution in [0.2, 0.25) is 0 Å². The summed E-state index contributed by atoms with van der Waals surface area (Å²) in [6.45, 7) is 4.59. The van der Waals surface area contributed by atoms with Gasteiger partial charge < -0.3 is 0 Å². The highest BCUT2D eigenvalue weighted by Gasteiger charge is 2.15. The summed E-state index contributed by atoms with van der Waals surface area (Å²) in [5.74, 6) is 0.111. The van der Waals surface area contributed by atoms with E-state index in [0.717, 1.165) is 12.8 Å². The average Bonchev–Trinajstić information content (AvgIpc) is 2.95. The van der Waals surface area contributed by atoms with Gasteiger partial charge in [-0.2, -0.15) is 0 Å². The van der Waals surface area contributed by atoms with Crippen molar-refractivity contribution in [1.82, 2.24) is 0 Å². The monoisotopic (exact) mass is 583 g/mol. The molecule has 0 heterocycles. The van der Waals surface area contributed by atoms with Gasteiger partial charge in [-0.05, 0) is 24.4 Å². The Morgan fingerprint density at radius 3 is 0.700 bits per heavy atom. The van der Waals surface area contributed by atoms with Crippen LogP contribution < -0.4 is 0 Å². The Morgan fingerprint density at radius 2 is 0.525 bits per heavy atom. The van der Waals surface area contributed by atoms with E-state index in [9.17, 15) is 4.79 Å². The van der Waals surface area contributed by atoms with Gasteiger partial charge in [-0.3, -0.25) is 4.79 Å². The molecule has 0 atom stereocenters. The first-order valence-corrected chi connectivity index (χ1v) is 19.3. The predicted molar refractivity (Wildman–Crippen MR) is 183 cm³/mol. The normalized spacial score (nSPS) is 11.6. The summed E-state index contributed by atoms with van der Waals surface area (Å²) in [6.07, 6.45) is 46.7. The van der Waals surface area contributed by atoms with Crippen molar-refractivity contribution in [3.05, 3.63) is 0 Å². The molecule has 2 heteroatoms. The first-order chi connectivity index (χ1) is 19.7. The van der Waals surface area contributed by atoms with Gasteiger partial charge in [0.25, 0.3) is 0 Å². The molecular weight excluding hydrogens is 508 g/mol. The van der Waals surface area contributed by atoms with Crippen LogP contribution in [-0.2, 0) is 4.79 Å². The molecule has 0 saturated carbocycles. The van der Waals surface area contributed by atoms with Crippen molar-refractivity contribution in [2.75, 3.05) is 0 Å². The molecule has 0 rings (SSSR count). The van der Waals surface area contributed by atoms with Crippen LogP contribution in [0.4, 0.5) is 0 Å². The third-order valence-corrected chi connectivity index (χ3v) is 9.44. The minimum atomic E-state index is -0.0816. The van der Waals surface area contributed by atoms with Crippen LogP contribution in [0.5, 0.6) is 0 Å². The maximum Gasteiger partial charge on any atom is 0.224 e. The quantitative estimate of drug-likeness (QED) is 0.0536. The minimum Gasteiger partial charge on any atom is -0.281 e.